The molecule has 0 saturated carbocycles. The van der Waals surface area contributed by atoms with E-state index < -0.39 is 0 Å². The summed E-state index contributed by atoms with van der Waals surface area (Å²) >= 11 is 5.06. The smallest absolute Gasteiger partial charge is 0.237 e. The summed E-state index contributed by atoms with van der Waals surface area (Å²) in [6.45, 7) is 2.58. The van der Waals surface area contributed by atoms with Crippen LogP contribution >= 0.6 is 27.7 Å². The zero-order valence-electron chi connectivity index (χ0n) is 8.92. The van der Waals surface area contributed by atoms with Gasteiger partial charge in [0.05, 0.1) is 10.9 Å². The number of carbonyl (C=O) groups is 1. The van der Waals surface area contributed by atoms with Crippen molar-refractivity contribution in [3.05, 3.63) is 22.2 Å². The topological polar surface area (TPSA) is 55.1 Å². The number of amides is 1. The van der Waals surface area contributed by atoms with Gasteiger partial charge < -0.3 is 11.1 Å². The lowest BCUT2D eigenvalue weighted by atomic mass is 10.2. The first-order valence-corrected chi connectivity index (χ1v) is 6.77. The van der Waals surface area contributed by atoms with Crippen LogP contribution in [0.4, 0.5) is 5.69 Å². The van der Waals surface area contributed by atoms with Gasteiger partial charge in [0.2, 0.25) is 5.91 Å². The van der Waals surface area contributed by atoms with E-state index in [4.69, 9.17) is 5.73 Å². The van der Waals surface area contributed by atoms with Crippen molar-refractivity contribution in [2.45, 2.75) is 23.5 Å². The molecule has 3 nitrogen and oxygen atoms in total. The molecular weight excluding hydrogens is 288 g/mol. The number of anilines is 1. The SMILES string of the molecule is Cc1cc(Br)c2c(c1)SC(CCN)C(=O)N2. The molecule has 1 unspecified atom stereocenters. The van der Waals surface area contributed by atoms with Crippen LogP contribution < -0.4 is 11.1 Å². The van der Waals surface area contributed by atoms with Gasteiger partial charge in [0.1, 0.15) is 0 Å². The van der Waals surface area contributed by atoms with E-state index in [1.165, 1.54) is 5.56 Å². The minimum absolute atomic E-state index is 0.0486. The number of fused-ring (bicyclic) bond motifs is 1. The van der Waals surface area contributed by atoms with Gasteiger partial charge in [-0.25, -0.2) is 0 Å². The number of aryl methyl sites for hydroxylation is 1. The molecule has 1 atom stereocenters. The zero-order valence-corrected chi connectivity index (χ0v) is 11.3. The van der Waals surface area contributed by atoms with Crippen LogP contribution in [0.25, 0.3) is 0 Å². The third-order valence-corrected chi connectivity index (χ3v) is 4.37. The molecule has 0 aromatic heterocycles. The molecule has 0 fully saturated rings. The second-order valence-corrected chi connectivity index (χ2v) is 5.89. The van der Waals surface area contributed by atoms with E-state index in [9.17, 15) is 4.79 Å². The van der Waals surface area contributed by atoms with E-state index in [1.54, 1.807) is 11.8 Å². The molecule has 1 aliphatic heterocycles. The number of nitrogens with two attached hydrogens (primary N) is 1. The average Bonchev–Trinajstić information content (AvgIpc) is 2.21. The van der Waals surface area contributed by atoms with Crippen LogP contribution in [0.15, 0.2) is 21.5 Å². The molecule has 1 aromatic rings. The molecule has 1 amide bonds. The number of nitrogens with one attached hydrogen (secondary N) is 1. The molecule has 16 heavy (non-hydrogen) atoms. The molecular formula is C11H13BrN2OS. The molecule has 0 saturated heterocycles. The quantitative estimate of drug-likeness (QED) is 0.882. The summed E-state index contributed by atoms with van der Waals surface area (Å²) in [7, 11) is 0. The van der Waals surface area contributed by atoms with E-state index in [0.29, 0.717) is 13.0 Å². The summed E-state index contributed by atoms with van der Waals surface area (Å²) < 4.78 is 0.939. The summed E-state index contributed by atoms with van der Waals surface area (Å²) in [4.78, 5) is 12.9. The number of benzene rings is 1. The van der Waals surface area contributed by atoms with Crippen LogP contribution in [0.1, 0.15) is 12.0 Å². The van der Waals surface area contributed by atoms with E-state index in [2.05, 4.69) is 27.3 Å². The maximum Gasteiger partial charge on any atom is 0.237 e. The minimum Gasteiger partial charge on any atom is -0.330 e. The van der Waals surface area contributed by atoms with Crippen LogP contribution in [-0.2, 0) is 4.79 Å². The van der Waals surface area contributed by atoms with Gasteiger partial charge in [-0.1, -0.05) is 0 Å². The Morgan fingerprint density at radius 2 is 2.31 bits per heavy atom. The number of hydrogen-bond acceptors (Lipinski definition) is 3. The monoisotopic (exact) mass is 300 g/mol. The van der Waals surface area contributed by atoms with E-state index in [0.717, 1.165) is 15.1 Å². The fraction of sp³-hybridized carbons (Fsp3) is 0.364. The second kappa shape index (κ2) is 4.77. The fourth-order valence-electron chi connectivity index (χ4n) is 1.68. The second-order valence-electron chi connectivity index (χ2n) is 3.79. The van der Waals surface area contributed by atoms with Crippen molar-refractivity contribution < 1.29 is 4.79 Å². The highest BCUT2D eigenvalue weighted by Crippen LogP contribution is 2.41. The van der Waals surface area contributed by atoms with Crippen molar-refractivity contribution in [3.8, 4) is 0 Å². The molecule has 3 N–H and O–H groups in total. The Morgan fingerprint density at radius 3 is 3.00 bits per heavy atom. The fourth-order valence-corrected chi connectivity index (χ4v) is 3.74. The van der Waals surface area contributed by atoms with Gasteiger partial charge in [-0.2, -0.15) is 0 Å². The predicted octanol–water partition coefficient (Wildman–Crippen LogP) is 2.52. The summed E-state index contributed by atoms with van der Waals surface area (Å²) in [6.07, 6.45) is 0.710. The van der Waals surface area contributed by atoms with Gasteiger partial charge in [-0.15, -0.1) is 11.8 Å². The number of hydrogen-bond donors (Lipinski definition) is 2. The average molecular weight is 301 g/mol. The molecule has 1 aromatic carbocycles. The van der Waals surface area contributed by atoms with Crippen molar-refractivity contribution in [2.24, 2.45) is 5.73 Å². The maximum atomic E-state index is 11.8. The van der Waals surface area contributed by atoms with Gasteiger partial charge in [-0.05, 0) is 53.5 Å². The maximum absolute atomic E-state index is 11.8. The van der Waals surface area contributed by atoms with Crippen LogP contribution in [0.3, 0.4) is 0 Å². The first-order valence-electron chi connectivity index (χ1n) is 5.09. The number of halogens is 1. The predicted molar refractivity (Wildman–Crippen MR) is 70.8 cm³/mol. The van der Waals surface area contributed by atoms with Gasteiger partial charge >= 0.3 is 0 Å². The van der Waals surface area contributed by atoms with Crippen molar-refractivity contribution in [1.29, 1.82) is 0 Å². The number of rotatable bonds is 2. The lowest BCUT2D eigenvalue weighted by Gasteiger charge is -2.25. The Morgan fingerprint density at radius 1 is 1.56 bits per heavy atom. The Labute approximate surface area is 107 Å². The highest BCUT2D eigenvalue weighted by Gasteiger charge is 2.27. The van der Waals surface area contributed by atoms with Crippen LogP contribution in [0.2, 0.25) is 0 Å². The largest absolute Gasteiger partial charge is 0.330 e. The lowest BCUT2D eigenvalue weighted by Crippen LogP contribution is -2.31. The molecule has 1 aliphatic rings. The van der Waals surface area contributed by atoms with Crippen molar-refractivity contribution in [3.63, 3.8) is 0 Å². The standard InChI is InChI=1S/C11H13BrN2OS/c1-6-4-7(12)10-9(5-6)16-8(2-3-13)11(15)14-10/h4-5,8H,2-3,13H2,1H3,(H,14,15). The normalized spacial score (nSPS) is 19.2. The molecule has 0 bridgehead atoms. The van der Waals surface area contributed by atoms with Crippen molar-refractivity contribution in [1.82, 2.24) is 0 Å². The third-order valence-electron chi connectivity index (χ3n) is 2.44. The Hall–Kier alpha value is -0.520. The van der Waals surface area contributed by atoms with Gasteiger partial charge in [-0.3, -0.25) is 4.79 Å². The van der Waals surface area contributed by atoms with Crippen LogP contribution in [0, 0.1) is 6.92 Å². The Kier molecular flexibility index (Phi) is 3.56. The van der Waals surface area contributed by atoms with Crippen LogP contribution in [-0.4, -0.2) is 17.7 Å². The third kappa shape index (κ3) is 2.26. The van der Waals surface area contributed by atoms with E-state index in [1.807, 2.05) is 13.0 Å². The molecule has 0 aliphatic carbocycles. The Balaban J connectivity index is 2.35. The molecule has 2 rings (SSSR count). The van der Waals surface area contributed by atoms with E-state index >= 15 is 0 Å². The summed E-state index contributed by atoms with van der Waals surface area (Å²) in [5.74, 6) is 0.0486. The zero-order chi connectivity index (χ0) is 11.7. The minimum atomic E-state index is -0.0637. The molecule has 86 valence electrons. The number of thioether (sulfide) groups is 1. The molecule has 0 spiro atoms. The molecule has 0 radical (unpaired) electrons. The van der Waals surface area contributed by atoms with Gasteiger partial charge in [0.25, 0.3) is 0 Å². The van der Waals surface area contributed by atoms with Crippen molar-refractivity contribution in [2.75, 3.05) is 11.9 Å². The molecule has 5 heteroatoms. The summed E-state index contributed by atoms with van der Waals surface area (Å²) in [5.41, 5.74) is 7.56. The van der Waals surface area contributed by atoms with Crippen molar-refractivity contribution >= 4 is 39.3 Å². The molecule has 1 heterocycles. The first kappa shape index (κ1) is 12.0. The van der Waals surface area contributed by atoms with Crippen LogP contribution in [0.5, 0.6) is 0 Å². The van der Waals surface area contributed by atoms with E-state index in [-0.39, 0.29) is 11.2 Å². The highest BCUT2D eigenvalue weighted by atomic mass is 79.9. The number of carbonyl (C=O) groups excluding carboxylic acids is 1. The summed E-state index contributed by atoms with van der Waals surface area (Å²) in [5, 5.41) is 2.86. The summed E-state index contributed by atoms with van der Waals surface area (Å²) in [6, 6.07) is 4.09. The van der Waals surface area contributed by atoms with Gasteiger partial charge in [0, 0.05) is 9.37 Å². The first-order chi connectivity index (χ1) is 7.61. The Bertz CT molecular complexity index is 436. The van der Waals surface area contributed by atoms with Gasteiger partial charge in [0.15, 0.2) is 0 Å². The highest BCUT2D eigenvalue weighted by molar-refractivity contribution is 9.10. The lowest BCUT2D eigenvalue weighted by molar-refractivity contribution is -0.115.